The van der Waals surface area contributed by atoms with Crippen molar-refractivity contribution in [1.29, 1.82) is 0 Å². The van der Waals surface area contributed by atoms with Crippen LogP contribution < -0.4 is 10.6 Å². The molecular formula is C19H19N3OS. The van der Waals surface area contributed by atoms with Gasteiger partial charge in [0.25, 0.3) is 0 Å². The summed E-state index contributed by atoms with van der Waals surface area (Å²) in [6.07, 6.45) is 0.899. The predicted octanol–water partition coefficient (Wildman–Crippen LogP) is 5.01. The van der Waals surface area contributed by atoms with Crippen LogP contribution in [0.1, 0.15) is 13.3 Å². The Bertz CT molecular complexity index is 743. The van der Waals surface area contributed by atoms with Crippen molar-refractivity contribution in [2.45, 2.75) is 13.3 Å². The summed E-state index contributed by atoms with van der Waals surface area (Å²) in [5, 5.41) is 6.24. The highest BCUT2D eigenvalue weighted by molar-refractivity contribution is 7.19. The topological polar surface area (TPSA) is 54.0 Å². The number of nitrogens with one attached hydrogen (secondary N) is 2. The predicted molar refractivity (Wildman–Crippen MR) is 100 cm³/mol. The maximum atomic E-state index is 11.9. The smallest absolute Gasteiger partial charge is 0.321 e. The van der Waals surface area contributed by atoms with E-state index in [1.165, 1.54) is 11.3 Å². The van der Waals surface area contributed by atoms with Crippen molar-refractivity contribution in [3.63, 3.8) is 0 Å². The van der Waals surface area contributed by atoms with Gasteiger partial charge in [-0.1, -0.05) is 78.9 Å². The fourth-order valence-electron chi connectivity index (χ4n) is 2.33. The Hall–Kier alpha value is -2.66. The van der Waals surface area contributed by atoms with Crippen LogP contribution in [0.2, 0.25) is 0 Å². The van der Waals surface area contributed by atoms with Gasteiger partial charge < -0.3 is 5.32 Å². The molecule has 0 saturated carbocycles. The van der Waals surface area contributed by atoms with Gasteiger partial charge in [0.15, 0.2) is 5.13 Å². The molecule has 1 aromatic heterocycles. The van der Waals surface area contributed by atoms with Crippen LogP contribution in [0.4, 0.5) is 9.93 Å². The second-order valence-corrected chi connectivity index (χ2v) is 6.31. The summed E-state index contributed by atoms with van der Waals surface area (Å²) in [6.45, 7) is 2.67. The van der Waals surface area contributed by atoms with E-state index in [4.69, 9.17) is 0 Å². The summed E-state index contributed by atoms with van der Waals surface area (Å²) in [6, 6.07) is 19.9. The second-order valence-electron chi connectivity index (χ2n) is 5.31. The van der Waals surface area contributed by atoms with Crippen molar-refractivity contribution in [2.24, 2.45) is 0 Å². The van der Waals surface area contributed by atoms with Crippen molar-refractivity contribution in [2.75, 3.05) is 11.9 Å². The molecule has 2 N–H and O–H groups in total. The number of hydrogen-bond acceptors (Lipinski definition) is 3. The van der Waals surface area contributed by atoms with E-state index in [2.05, 4.69) is 27.8 Å². The first-order valence-electron chi connectivity index (χ1n) is 7.94. The zero-order valence-electron chi connectivity index (χ0n) is 13.5. The molecule has 0 spiro atoms. The molecule has 0 atom stereocenters. The number of carbonyl (C=O) groups excluding carboxylic acids is 1. The fraction of sp³-hybridized carbons (Fsp3) is 0.158. The van der Waals surface area contributed by atoms with Gasteiger partial charge in [-0.3, -0.25) is 5.32 Å². The van der Waals surface area contributed by atoms with Gasteiger partial charge in [0.1, 0.15) is 0 Å². The second kappa shape index (κ2) is 7.75. The molecule has 0 bridgehead atoms. The van der Waals surface area contributed by atoms with Gasteiger partial charge in [0.2, 0.25) is 0 Å². The van der Waals surface area contributed by atoms with Gasteiger partial charge in [-0.25, -0.2) is 9.78 Å². The number of aromatic nitrogens is 1. The summed E-state index contributed by atoms with van der Waals surface area (Å²) < 4.78 is 0. The highest BCUT2D eigenvalue weighted by Crippen LogP contribution is 2.38. The maximum absolute atomic E-state index is 11.9. The van der Waals surface area contributed by atoms with Crippen LogP contribution >= 0.6 is 11.3 Å². The summed E-state index contributed by atoms with van der Waals surface area (Å²) in [5.41, 5.74) is 3.02. The highest BCUT2D eigenvalue weighted by Gasteiger charge is 2.15. The van der Waals surface area contributed by atoms with Crippen molar-refractivity contribution in [3.05, 3.63) is 60.7 Å². The first-order valence-corrected chi connectivity index (χ1v) is 8.76. The molecule has 3 rings (SSSR count). The maximum Gasteiger partial charge on any atom is 0.321 e. The highest BCUT2D eigenvalue weighted by atomic mass is 32.1. The minimum absolute atomic E-state index is 0.218. The van der Waals surface area contributed by atoms with Crippen LogP contribution in [-0.4, -0.2) is 17.6 Å². The molecule has 2 amide bonds. The standard InChI is InChI=1S/C19H19N3OS/c1-2-13-20-18(23)22-19-21-16(14-9-5-3-6-10-14)17(24-19)15-11-7-4-8-12-15/h3-12H,2,13H2,1H3,(H2,20,21,22,23). The summed E-state index contributed by atoms with van der Waals surface area (Å²) in [4.78, 5) is 17.6. The van der Waals surface area contributed by atoms with Crippen LogP contribution in [0.5, 0.6) is 0 Å². The Labute approximate surface area is 145 Å². The molecule has 1 heterocycles. The Morgan fingerprint density at radius 2 is 1.62 bits per heavy atom. The van der Waals surface area contributed by atoms with E-state index in [-0.39, 0.29) is 6.03 Å². The Morgan fingerprint density at radius 1 is 1.00 bits per heavy atom. The normalized spacial score (nSPS) is 10.4. The fourth-order valence-corrected chi connectivity index (χ4v) is 3.32. The first kappa shape index (κ1) is 16.2. The minimum atomic E-state index is -0.218. The van der Waals surface area contributed by atoms with E-state index in [1.54, 1.807) is 0 Å². The Balaban J connectivity index is 1.96. The molecule has 5 heteroatoms. The number of thiazole rings is 1. The Kier molecular flexibility index (Phi) is 5.23. The minimum Gasteiger partial charge on any atom is -0.338 e. The van der Waals surface area contributed by atoms with Gasteiger partial charge in [-0.2, -0.15) is 0 Å². The largest absolute Gasteiger partial charge is 0.338 e. The van der Waals surface area contributed by atoms with Crippen molar-refractivity contribution in [1.82, 2.24) is 10.3 Å². The molecule has 0 aliphatic rings. The molecular weight excluding hydrogens is 318 g/mol. The van der Waals surface area contributed by atoms with E-state index in [9.17, 15) is 4.79 Å². The number of nitrogens with zero attached hydrogens (tertiary/aromatic N) is 1. The molecule has 0 saturated heterocycles. The number of urea groups is 1. The third-order valence-corrected chi connectivity index (χ3v) is 4.49. The summed E-state index contributed by atoms with van der Waals surface area (Å²) >= 11 is 1.49. The lowest BCUT2D eigenvalue weighted by Gasteiger charge is -2.02. The number of hydrogen-bond donors (Lipinski definition) is 2. The quantitative estimate of drug-likeness (QED) is 0.687. The molecule has 24 heavy (non-hydrogen) atoms. The van der Waals surface area contributed by atoms with Gasteiger partial charge in [-0.15, -0.1) is 0 Å². The van der Waals surface area contributed by atoms with E-state index in [0.717, 1.165) is 28.1 Å². The van der Waals surface area contributed by atoms with Crippen LogP contribution in [-0.2, 0) is 0 Å². The number of amides is 2. The number of anilines is 1. The lowest BCUT2D eigenvalue weighted by Crippen LogP contribution is -2.29. The van der Waals surface area contributed by atoms with Crippen LogP contribution in [0, 0.1) is 0 Å². The third-order valence-electron chi connectivity index (χ3n) is 3.47. The van der Waals surface area contributed by atoms with Crippen molar-refractivity contribution in [3.8, 4) is 21.7 Å². The monoisotopic (exact) mass is 337 g/mol. The molecule has 4 nitrogen and oxygen atoms in total. The Morgan fingerprint density at radius 3 is 2.25 bits per heavy atom. The molecule has 0 radical (unpaired) electrons. The van der Waals surface area contributed by atoms with Crippen molar-refractivity contribution >= 4 is 22.5 Å². The van der Waals surface area contributed by atoms with Crippen molar-refractivity contribution < 1.29 is 4.79 Å². The lowest BCUT2D eigenvalue weighted by molar-refractivity contribution is 0.252. The molecule has 0 aliphatic heterocycles. The van der Waals surface area contributed by atoms with Crippen LogP contribution in [0.25, 0.3) is 21.7 Å². The van der Waals surface area contributed by atoms with E-state index < -0.39 is 0 Å². The molecule has 3 aromatic rings. The summed E-state index contributed by atoms with van der Waals surface area (Å²) in [7, 11) is 0. The zero-order chi connectivity index (χ0) is 16.8. The summed E-state index contributed by atoms with van der Waals surface area (Å²) in [5.74, 6) is 0. The lowest BCUT2D eigenvalue weighted by atomic mass is 10.1. The molecule has 122 valence electrons. The number of rotatable bonds is 5. The first-order chi connectivity index (χ1) is 11.8. The molecule has 0 unspecified atom stereocenters. The van der Waals surface area contributed by atoms with Gasteiger partial charge in [-0.05, 0) is 12.0 Å². The molecule has 2 aromatic carbocycles. The SMILES string of the molecule is CCCNC(=O)Nc1nc(-c2ccccc2)c(-c2ccccc2)s1. The van der Waals surface area contributed by atoms with Crippen LogP contribution in [0.3, 0.4) is 0 Å². The number of benzene rings is 2. The van der Waals surface area contributed by atoms with E-state index >= 15 is 0 Å². The third kappa shape index (κ3) is 3.81. The molecule has 0 fully saturated rings. The molecule has 0 aliphatic carbocycles. The average molecular weight is 337 g/mol. The van der Waals surface area contributed by atoms with E-state index in [0.29, 0.717) is 11.7 Å². The van der Waals surface area contributed by atoms with E-state index in [1.807, 2.05) is 55.5 Å². The van der Waals surface area contributed by atoms with Crippen LogP contribution in [0.15, 0.2) is 60.7 Å². The van der Waals surface area contributed by atoms with Gasteiger partial charge in [0.05, 0.1) is 10.6 Å². The van der Waals surface area contributed by atoms with Gasteiger partial charge >= 0.3 is 6.03 Å². The number of carbonyl (C=O) groups is 1. The van der Waals surface area contributed by atoms with Gasteiger partial charge in [0, 0.05) is 12.1 Å². The zero-order valence-corrected chi connectivity index (χ0v) is 14.3. The average Bonchev–Trinajstić information content (AvgIpc) is 3.05.